The molecule has 0 N–H and O–H groups in total. The van der Waals surface area contributed by atoms with E-state index in [1.165, 1.54) is 16.2 Å². The largest absolute Gasteiger partial charge is 0.451 e. The van der Waals surface area contributed by atoms with E-state index >= 15 is 0 Å². The Morgan fingerprint density at radius 1 is 1.27 bits per heavy atom. The lowest BCUT2D eigenvalue weighted by Crippen LogP contribution is -2.30. The van der Waals surface area contributed by atoms with Gasteiger partial charge in [0.1, 0.15) is 5.01 Å². The van der Waals surface area contributed by atoms with Crippen molar-refractivity contribution in [2.24, 2.45) is 7.05 Å². The zero-order valence-electron chi connectivity index (χ0n) is 14.5. The van der Waals surface area contributed by atoms with Gasteiger partial charge in [0.15, 0.2) is 12.3 Å². The molecule has 0 fully saturated rings. The maximum atomic E-state index is 12.1. The smallest absolute Gasteiger partial charge is 0.358 e. The molecule has 0 unspecified atom stereocenters. The molecule has 8 heteroatoms. The Kier molecular flexibility index (Phi) is 5.43. The van der Waals surface area contributed by atoms with Crippen molar-refractivity contribution >= 4 is 23.2 Å². The van der Waals surface area contributed by atoms with E-state index in [1.54, 1.807) is 23.3 Å². The van der Waals surface area contributed by atoms with Gasteiger partial charge in [-0.25, -0.2) is 9.78 Å². The average molecular weight is 370 g/mol. The number of nitrogens with zero attached hydrogens (tertiary/aromatic N) is 4. The van der Waals surface area contributed by atoms with Crippen LogP contribution in [0.25, 0.3) is 10.6 Å². The second-order valence-corrected chi connectivity index (χ2v) is 6.61. The van der Waals surface area contributed by atoms with Crippen molar-refractivity contribution < 1.29 is 14.3 Å². The summed E-state index contributed by atoms with van der Waals surface area (Å²) >= 11 is 1.33. The molecule has 134 valence electrons. The van der Waals surface area contributed by atoms with E-state index in [2.05, 4.69) is 10.1 Å². The molecule has 0 aliphatic heterocycles. The van der Waals surface area contributed by atoms with Crippen LogP contribution in [0.2, 0.25) is 0 Å². The minimum absolute atomic E-state index is 0.187. The van der Waals surface area contributed by atoms with Crippen LogP contribution in [-0.4, -0.2) is 45.2 Å². The van der Waals surface area contributed by atoms with Gasteiger partial charge in [0.05, 0.1) is 6.20 Å². The molecule has 0 bridgehead atoms. The highest BCUT2D eigenvalue weighted by atomic mass is 32.1. The second kappa shape index (κ2) is 7.92. The highest BCUT2D eigenvalue weighted by Gasteiger charge is 2.17. The number of thiazole rings is 1. The molecule has 0 aliphatic rings. The molecule has 0 saturated heterocycles. The molecule has 0 saturated carbocycles. The molecule has 3 aromatic rings. The average Bonchev–Trinajstić information content (AvgIpc) is 3.29. The quantitative estimate of drug-likeness (QED) is 0.623. The molecular weight excluding hydrogens is 352 g/mol. The lowest BCUT2D eigenvalue weighted by Gasteiger charge is -2.16. The summed E-state index contributed by atoms with van der Waals surface area (Å²) in [7, 11) is 3.48. The highest BCUT2D eigenvalue weighted by molar-refractivity contribution is 7.13. The summed E-state index contributed by atoms with van der Waals surface area (Å²) in [4.78, 5) is 30.0. The van der Waals surface area contributed by atoms with Gasteiger partial charge in [-0.15, -0.1) is 11.3 Å². The van der Waals surface area contributed by atoms with Gasteiger partial charge in [0.25, 0.3) is 5.91 Å². The van der Waals surface area contributed by atoms with E-state index in [9.17, 15) is 9.59 Å². The fourth-order valence-electron chi connectivity index (χ4n) is 2.29. The Balaban J connectivity index is 1.53. The van der Waals surface area contributed by atoms with Crippen molar-refractivity contribution in [3.8, 4) is 10.6 Å². The molecule has 2 heterocycles. The number of hydrogen-bond acceptors (Lipinski definition) is 6. The SMILES string of the molecule is CN(Cc1ccccc1)C(=O)COC(=O)c1csc(-c2cnn(C)c2)n1. The molecule has 2 aromatic heterocycles. The summed E-state index contributed by atoms with van der Waals surface area (Å²) in [5, 5.41) is 6.37. The fraction of sp³-hybridized carbons (Fsp3) is 0.222. The van der Waals surface area contributed by atoms with E-state index in [0.717, 1.165) is 11.1 Å². The number of carbonyl (C=O) groups excluding carboxylic acids is 2. The molecule has 1 amide bonds. The molecule has 1 aromatic carbocycles. The minimum Gasteiger partial charge on any atom is -0.451 e. The lowest BCUT2D eigenvalue weighted by molar-refractivity contribution is -0.133. The Labute approximate surface area is 154 Å². The van der Waals surface area contributed by atoms with E-state index in [0.29, 0.717) is 11.6 Å². The van der Waals surface area contributed by atoms with E-state index in [4.69, 9.17) is 4.74 Å². The number of benzene rings is 1. The van der Waals surface area contributed by atoms with Crippen molar-refractivity contribution in [1.82, 2.24) is 19.7 Å². The van der Waals surface area contributed by atoms with Crippen LogP contribution in [0, 0.1) is 0 Å². The van der Waals surface area contributed by atoms with Crippen LogP contribution in [0.1, 0.15) is 16.1 Å². The van der Waals surface area contributed by atoms with Gasteiger partial charge in [-0.1, -0.05) is 30.3 Å². The van der Waals surface area contributed by atoms with Crippen LogP contribution >= 0.6 is 11.3 Å². The summed E-state index contributed by atoms with van der Waals surface area (Å²) in [5.74, 6) is -0.886. The molecule has 0 spiro atoms. The van der Waals surface area contributed by atoms with Gasteiger partial charge in [-0.3, -0.25) is 9.48 Å². The number of aromatic nitrogens is 3. The van der Waals surface area contributed by atoms with Crippen molar-refractivity contribution in [3.63, 3.8) is 0 Å². The van der Waals surface area contributed by atoms with Crippen molar-refractivity contribution in [2.75, 3.05) is 13.7 Å². The van der Waals surface area contributed by atoms with Crippen molar-refractivity contribution in [3.05, 3.63) is 59.4 Å². The highest BCUT2D eigenvalue weighted by Crippen LogP contribution is 2.23. The molecular formula is C18H18N4O3S. The molecule has 7 nitrogen and oxygen atoms in total. The number of likely N-dealkylation sites (N-methyl/N-ethyl adjacent to an activating group) is 1. The van der Waals surface area contributed by atoms with E-state index < -0.39 is 5.97 Å². The van der Waals surface area contributed by atoms with Crippen LogP contribution in [0.4, 0.5) is 0 Å². The third-order valence-electron chi connectivity index (χ3n) is 3.68. The molecule has 0 radical (unpaired) electrons. The minimum atomic E-state index is -0.613. The molecule has 26 heavy (non-hydrogen) atoms. The van der Waals surface area contributed by atoms with Gasteiger partial charge < -0.3 is 9.64 Å². The van der Waals surface area contributed by atoms with E-state index in [1.807, 2.05) is 43.6 Å². The lowest BCUT2D eigenvalue weighted by atomic mass is 10.2. The van der Waals surface area contributed by atoms with Gasteiger partial charge in [0, 0.05) is 37.8 Å². The normalized spacial score (nSPS) is 10.5. The Hall–Kier alpha value is -3.00. The third kappa shape index (κ3) is 4.34. The first-order valence-electron chi connectivity index (χ1n) is 7.92. The number of rotatable bonds is 6. The molecule has 0 atom stereocenters. The summed E-state index contributed by atoms with van der Waals surface area (Å²) in [5.41, 5.74) is 2.03. The fourth-order valence-corrected chi connectivity index (χ4v) is 3.05. The standard InChI is InChI=1S/C18H18N4O3S/c1-21(9-13-6-4-3-5-7-13)16(23)11-25-18(24)15-12-26-17(20-15)14-8-19-22(2)10-14/h3-8,10,12H,9,11H2,1-2H3. The summed E-state index contributed by atoms with van der Waals surface area (Å²) < 4.78 is 6.76. The first-order valence-corrected chi connectivity index (χ1v) is 8.80. The Morgan fingerprint density at radius 2 is 2.04 bits per heavy atom. The Bertz CT molecular complexity index is 904. The monoisotopic (exact) mass is 370 g/mol. The number of ether oxygens (including phenoxy) is 1. The maximum Gasteiger partial charge on any atom is 0.358 e. The summed E-state index contributed by atoms with van der Waals surface area (Å²) in [6.45, 7) is 0.140. The van der Waals surface area contributed by atoms with Crippen molar-refractivity contribution in [1.29, 1.82) is 0 Å². The van der Waals surface area contributed by atoms with Gasteiger partial charge >= 0.3 is 5.97 Å². The number of hydrogen-bond donors (Lipinski definition) is 0. The number of esters is 1. The van der Waals surface area contributed by atoms with Crippen LogP contribution in [0.5, 0.6) is 0 Å². The topological polar surface area (TPSA) is 77.3 Å². The van der Waals surface area contributed by atoms with Crippen molar-refractivity contribution in [2.45, 2.75) is 6.54 Å². The van der Waals surface area contributed by atoms with Crippen LogP contribution in [0.3, 0.4) is 0 Å². The number of aryl methyl sites for hydroxylation is 1. The van der Waals surface area contributed by atoms with Gasteiger partial charge in [0.2, 0.25) is 0 Å². The third-order valence-corrected chi connectivity index (χ3v) is 4.57. The first kappa shape index (κ1) is 17.8. The summed E-state index contributed by atoms with van der Waals surface area (Å²) in [6.07, 6.45) is 3.49. The maximum absolute atomic E-state index is 12.1. The second-order valence-electron chi connectivity index (χ2n) is 5.75. The van der Waals surface area contributed by atoms with Crippen LogP contribution in [0.15, 0.2) is 48.1 Å². The van der Waals surface area contributed by atoms with Gasteiger partial charge in [-0.2, -0.15) is 5.10 Å². The number of amides is 1. The van der Waals surface area contributed by atoms with Crippen LogP contribution in [-0.2, 0) is 23.1 Å². The zero-order valence-corrected chi connectivity index (χ0v) is 15.3. The first-order chi connectivity index (χ1) is 12.5. The molecule has 0 aliphatic carbocycles. The number of carbonyl (C=O) groups is 2. The summed E-state index contributed by atoms with van der Waals surface area (Å²) in [6, 6.07) is 9.61. The Morgan fingerprint density at radius 3 is 2.73 bits per heavy atom. The van der Waals surface area contributed by atoms with Crippen LogP contribution < -0.4 is 0 Å². The zero-order chi connectivity index (χ0) is 18.5. The predicted octanol–water partition coefficient (Wildman–Crippen LogP) is 2.36. The predicted molar refractivity (Wildman–Crippen MR) is 97.5 cm³/mol. The molecule has 3 rings (SSSR count). The van der Waals surface area contributed by atoms with Gasteiger partial charge in [-0.05, 0) is 5.56 Å². The van der Waals surface area contributed by atoms with E-state index in [-0.39, 0.29) is 18.2 Å².